The number of carboxylic acid groups (broad SMARTS) is 1. The highest BCUT2D eigenvalue weighted by Gasteiger charge is 2.32. The fourth-order valence-corrected chi connectivity index (χ4v) is 5.09. The van der Waals surface area contributed by atoms with Gasteiger partial charge in [0.25, 0.3) is 0 Å². The highest BCUT2D eigenvalue weighted by atomic mass is 32.2. The van der Waals surface area contributed by atoms with Crippen molar-refractivity contribution in [3.8, 4) is 6.07 Å². The van der Waals surface area contributed by atoms with Gasteiger partial charge in [-0.15, -0.1) is 0 Å². The lowest BCUT2D eigenvalue weighted by Gasteiger charge is -2.31. The molecule has 1 N–H and O–H groups in total. The topological polar surface area (TPSA) is 98.5 Å². The van der Waals surface area contributed by atoms with Crippen LogP contribution in [-0.2, 0) is 16.6 Å². The molecule has 158 valence electrons. The molecule has 0 aromatic heterocycles. The largest absolute Gasteiger partial charge is 0.478 e. The number of nitrogens with zero attached hydrogens (tertiary/aromatic N) is 2. The summed E-state index contributed by atoms with van der Waals surface area (Å²) in [7, 11) is -3.94. The Morgan fingerprint density at radius 1 is 1.00 bits per heavy atom. The number of hydrogen-bond acceptors (Lipinski definition) is 4. The number of nitriles is 1. The molecule has 6 nitrogen and oxygen atoms in total. The molecule has 0 aliphatic rings. The van der Waals surface area contributed by atoms with Crippen LogP contribution in [0.4, 0.5) is 0 Å². The maximum Gasteiger partial charge on any atom is 0.335 e. The zero-order valence-corrected chi connectivity index (χ0v) is 17.8. The van der Waals surface area contributed by atoms with E-state index >= 15 is 0 Å². The van der Waals surface area contributed by atoms with Crippen LogP contribution in [0.3, 0.4) is 0 Å². The lowest BCUT2D eigenvalue weighted by atomic mass is 10.0. The molecule has 0 saturated carbocycles. The molecule has 0 saturated heterocycles. The van der Waals surface area contributed by atoms with Gasteiger partial charge in [0, 0.05) is 6.54 Å². The fourth-order valence-electron chi connectivity index (χ4n) is 3.41. The molecule has 3 aromatic carbocycles. The Bertz CT molecular complexity index is 1180. The first-order chi connectivity index (χ1) is 14.9. The Balaban J connectivity index is 2.06. The number of rotatable bonds is 8. The zero-order chi connectivity index (χ0) is 22.4. The number of carboxylic acids is 1. The first-order valence-electron chi connectivity index (χ1n) is 9.76. The smallest absolute Gasteiger partial charge is 0.335 e. The van der Waals surface area contributed by atoms with E-state index in [4.69, 9.17) is 10.4 Å². The third-order valence-electron chi connectivity index (χ3n) is 5.05. The van der Waals surface area contributed by atoms with Gasteiger partial charge >= 0.3 is 5.97 Å². The predicted molar refractivity (Wildman–Crippen MR) is 117 cm³/mol. The van der Waals surface area contributed by atoms with Gasteiger partial charge in [0.2, 0.25) is 10.0 Å². The van der Waals surface area contributed by atoms with E-state index in [0.717, 1.165) is 11.1 Å². The number of aromatic carboxylic acids is 1. The van der Waals surface area contributed by atoms with Crippen molar-refractivity contribution in [2.75, 3.05) is 0 Å². The minimum absolute atomic E-state index is 0.0210. The normalized spacial score (nSPS) is 12.3. The Hall–Kier alpha value is -3.47. The van der Waals surface area contributed by atoms with Crippen LogP contribution < -0.4 is 0 Å². The van der Waals surface area contributed by atoms with Gasteiger partial charge in [-0.3, -0.25) is 0 Å². The van der Waals surface area contributed by atoms with Crippen molar-refractivity contribution in [2.24, 2.45) is 0 Å². The standard InChI is InChI=1S/C24H22N2O4S/c1-2-23(20-6-4-3-5-7-20)26(17-19-10-8-18(16-25)9-11-19)31(29,30)22-14-12-21(13-15-22)24(27)28/h3-15,23H,2,17H2,1H3,(H,27,28). The lowest BCUT2D eigenvalue weighted by molar-refractivity contribution is 0.0696. The Labute approximate surface area is 182 Å². The molecule has 0 aliphatic carbocycles. The van der Waals surface area contributed by atoms with E-state index in [2.05, 4.69) is 6.07 Å². The monoisotopic (exact) mass is 434 g/mol. The van der Waals surface area contributed by atoms with Crippen LogP contribution in [0, 0.1) is 11.3 Å². The summed E-state index contributed by atoms with van der Waals surface area (Å²) >= 11 is 0. The fraction of sp³-hybridized carbons (Fsp3) is 0.167. The highest BCUT2D eigenvalue weighted by Crippen LogP contribution is 2.32. The molecule has 0 bridgehead atoms. The second kappa shape index (κ2) is 9.56. The van der Waals surface area contributed by atoms with Crippen LogP contribution in [0.1, 0.15) is 46.4 Å². The van der Waals surface area contributed by atoms with Crippen LogP contribution in [0.2, 0.25) is 0 Å². The molecule has 0 heterocycles. The van der Waals surface area contributed by atoms with Crippen molar-refractivity contribution in [1.29, 1.82) is 5.26 Å². The number of benzene rings is 3. The van der Waals surface area contributed by atoms with Gasteiger partial charge < -0.3 is 5.11 Å². The SMILES string of the molecule is CCC(c1ccccc1)N(Cc1ccc(C#N)cc1)S(=O)(=O)c1ccc(C(=O)O)cc1. The lowest BCUT2D eigenvalue weighted by Crippen LogP contribution is -2.34. The summed E-state index contributed by atoms with van der Waals surface area (Å²) in [6, 6.07) is 23.1. The molecule has 0 spiro atoms. The zero-order valence-electron chi connectivity index (χ0n) is 17.0. The van der Waals surface area contributed by atoms with Gasteiger partial charge in [-0.2, -0.15) is 9.57 Å². The minimum Gasteiger partial charge on any atom is -0.478 e. The Morgan fingerprint density at radius 3 is 2.13 bits per heavy atom. The Morgan fingerprint density at radius 2 is 1.61 bits per heavy atom. The van der Waals surface area contributed by atoms with Crippen molar-refractivity contribution in [3.63, 3.8) is 0 Å². The van der Waals surface area contributed by atoms with Gasteiger partial charge in [-0.1, -0.05) is 49.4 Å². The van der Waals surface area contributed by atoms with Gasteiger partial charge in [-0.05, 0) is 53.9 Å². The minimum atomic E-state index is -3.94. The van der Waals surface area contributed by atoms with E-state index in [9.17, 15) is 13.2 Å². The van der Waals surface area contributed by atoms with Crippen LogP contribution in [0.25, 0.3) is 0 Å². The Kier molecular flexibility index (Phi) is 6.85. The van der Waals surface area contributed by atoms with Gasteiger partial charge in [0.05, 0.1) is 28.1 Å². The maximum absolute atomic E-state index is 13.6. The summed E-state index contributed by atoms with van der Waals surface area (Å²) in [5.41, 5.74) is 2.13. The van der Waals surface area contributed by atoms with Crippen LogP contribution in [0.15, 0.2) is 83.8 Å². The molecule has 1 unspecified atom stereocenters. The molecule has 0 aliphatic heterocycles. The first-order valence-corrected chi connectivity index (χ1v) is 11.2. The number of sulfonamides is 1. The molecular weight excluding hydrogens is 412 g/mol. The van der Waals surface area contributed by atoms with Gasteiger partial charge in [0.1, 0.15) is 0 Å². The first kappa shape index (κ1) is 22.2. The third-order valence-corrected chi connectivity index (χ3v) is 6.92. The molecule has 0 amide bonds. The van der Waals surface area contributed by atoms with E-state index in [1.54, 1.807) is 24.3 Å². The summed E-state index contributed by atoms with van der Waals surface area (Å²) in [5, 5.41) is 18.1. The predicted octanol–water partition coefficient (Wildman–Crippen LogP) is 4.60. The second-order valence-corrected chi connectivity index (χ2v) is 8.91. The van der Waals surface area contributed by atoms with E-state index in [1.807, 2.05) is 37.3 Å². The van der Waals surface area contributed by atoms with E-state index in [1.165, 1.54) is 28.6 Å². The maximum atomic E-state index is 13.6. The molecule has 0 radical (unpaired) electrons. The van der Waals surface area contributed by atoms with Crippen molar-refractivity contribution in [3.05, 3.63) is 101 Å². The second-order valence-electron chi connectivity index (χ2n) is 7.02. The summed E-state index contributed by atoms with van der Waals surface area (Å²) < 4.78 is 28.7. The van der Waals surface area contributed by atoms with E-state index < -0.39 is 22.0 Å². The van der Waals surface area contributed by atoms with Crippen LogP contribution >= 0.6 is 0 Å². The molecule has 3 aromatic rings. The van der Waals surface area contributed by atoms with Crippen LogP contribution in [0.5, 0.6) is 0 Å². The summed E-state index contributed by atoms with van der Waals surface area (Å²) in [4.78, 5) is 11.2. The van der Waals surface area contributed by atoms with Crippen molar-refractivity contribution < 1.29 is 18.3 Å². The van der Waals surface area contributed by atoms with E-state index in [0.29, 0.717) is 12.0 Å². The van der Waals surface area contributed by atoms with Gasteiger partial charge in [0.15, 0.2) is 0 Å². The highest BCUT2D eigenvalue weighted by molar-refractivity contribution is 7.89. The average molecular weight is 435 g/mol. The molecule has 1 atom stereocenters. The summed E-state index contributed by atoms with van der Waals surface area (Å²) in [5.74, 6) is -1.12. The number of carbonyl (C=O) groups is 1. The summed E-state index contributed by atoms with van der Waals surface area (Å²) in [6.45, 7) is 2.04. The van der Waals surface area contributed by atoms with Gasteiger partial charge in [-0.25, -0.2) is 13.2 Å². The molecule has 7 heteroatoms. The number of hydrogen-bond donors (Lipinski definition) is 1. The van der Waals surface area contributed by atoms with Crippen molar-refractivity contribution >= 4 is 16.0 Å². The molecular formula is C24H22N2O4S. The average Bonchev–Trinajstić information content (AvgIpc) is 2.80. The molecule has 31 heavy (non-hydrogen) atoms. The van der Waals surface area contributed by atoms with Crippen LogP contribution in [-0.4, -0.2) is 23.8 Å². The summed E-state index contributed by atoms with van der Waals surface area (Å²) in [6.07, 6.45) is 0.548. The molecule has 0 fully saturated rings. The third kappa shape index (κ3) is 5.00. The quantitative estimate of drug-likeness (QED) is 0.559. The van der Waals surface area contributed by atoms with Crippen molar-refractivity contribution in [1.82, 2.24) is 4.31 Å². The van der Waals surface area contributed by atoms with Crippen molar-refractivity contribution in [2.45, 2.75) is 30.8 Å². The molecule has 3 rings (SSSR count). The van der Waals surface area contributed by atoms with E-state index in [-0.39, 0.29) is 17.0 Å².